The van der Waals surface area contributed by atoms with Gasteiger partial charge in [0.25, 0.3) is 5.91 Å². The second-order valence-corrected chi connectivity index (χ2v) is 6.79. The summed E-state index contributed by atoms with van der Waals surface area (Å²) in [6.07, 6.45) is 5.34. The monoisotopic (exact) mass is 310 g/mol. The lowest BCUT2D eigenvalue weighted by Gasteiger charge is -2.11. The Hall–Kier alpha value is -1.43. The summed E-state index contributed by atoms with van der Waals surface area (Å²) in [4.78, 5) is 28.0. The maximum atomic E-state index is 12.3. The number of amides is 1. The number of hydrogen-bond acceptors (Lipinski definition) is 4. The molecule has 1 unspecified atom stereocenters. The topological polar surface area (TPSA) is 79.3 Å². The van der Waals surface area contributed by atoms with E-state index in [1.165, 1.54) is 37.0 Å². The van der Waals surface area contributed by atoms with Crippen molar-refractivity contribution in [2.24, 2.45) is 0 Å². The highest BCUT2D eigenvalue weighted by Crippen LogP contribution is 2.37. The Bertz CT molecular complexity index is 521. The van der Waals surface area contributed by atoms with Crippen molar-refractivity contribution in [3.63, 3.8) is 0 Å². The lowest BCUT2D eigenvalue weighted by Crippen LogP contribution is -2.32. The summed E-state index contributed by atoms with van der Waals surface area (Å²) in [5.74, 6) is -0.458. The molecule has 0 bridgehead atoms. The molecule has 116 valence electrons. The van der Waals surface area contributed by atoms with Gasteiger partial charge in [-0.25, -0.2) is 4.98 Å². The van der Waals surface area contributed by atoms with Gasteiger partial charge in [0.2, 0.25) is 0 Å². The Labute approximate surface area is 128 Å². The zero-order valence-electron chi connectivity index (χ0n) is 12.5. The predicted octanol–water partition coefficient (Wildman–Crippen LogP) is 3.09. The number of carboxylic acid groups (broad SMARTS) is 1. The number of carbonyl (C=O) groups is 2. The van der Waals surface area contributed by atoms with Crippen LogP contribution >= 0.6 is 11.3 Å². The van der Waals surface area contributed by atoms with Crippen molar-refractivity contribution in [3.8, 4) is 0 Å². The van der Waals surface area contributed by atoms with Crippen LogP contribution in [-0.2, 0) is 4.79 Å². The van der Waals surface area contributed by atoms with Crippen molar-refractivity contribution in [2.45, 2.75) is 64.3 Å². The van der Waals surface area contributed by atoms with E-state index in [1.807, 2.05) is 13.8 Å². The van der Waals surface area contributed by atoms with Crippen LogP contribution in [0.25, 0.3) is 0 Å². The van der Waals surface area contributed by atoms with E-state index in [9.17, 15) is 9.59 Å². The van der Waals surface area contributed by atoms with Crippen LogP contribution in [0.15, 0.2) is 0 Å². The van der Waals surface area contributed by atoms with Crippen molar-refractivity contribution < 1.29 is 14.7 Å². The van der Waals surface area contributed by atoms with Crippen molar-refractivity contribution in [3.05, 3.63) is 15.6 Å². The number of nitrogens with zero attached hydrogens (tertiary/aromatic N) is 1. The molecule has 5 nitrogen and oxygen atoms in total. The average Bonchev–Trinajstić information content (AvgIpc) is 3.05. The van der Waals surface area contributed by atoms with Gasteiger partial charge in [-0.2, -0.15) is 0 Å². The van der Waals surface area contributed by atoms with Crippen LogP contribution in [-0.4, -0.2) is 28.0 Å². The van der Waals surface area contributed by atoms with Crippen LogP contribution in [0.1, 0.15) is 71.7 Å². The number of hydrogen-bond donors (Lipinski definition) is 2. The molecule has 6 heteroatoms. The first-order chi connectivity index (χ1) is 9.97. The molecule has 1 aliphatic carbocycles. The normalized spacial score (nSPS) is 16.9. The first-order valence-electron chi connectivity index (χ1n) is 7.47. The molecule has 2 rings (SSSR count). The fourth-order valence-electron chi connectivity index (χ4n) is 2.68. The Morgan fingerprint density at radius 2 is 2.10 bits per heavy atom. The molecule has 1 saturated carbocycles. The van der Waals surface area contributed by atoms with Gasteiger partial charge in [-0.15, -0.1) is 11.3 Å². The summed E-state index contributed by atoms with van der Waals surface area (Å²) in [7, 11) is 0. The summed E-state index contributed by atoms with van der Waals surface area (Å²) in [6, 6.07) is -0.148. The molecule has 1 fully saturated rings. The van der Waals surface area contributed by atoms with Crippen molar-refractivity contribution in [1.29, 1.82) is 0 Å². The van der Waals surface area contributed by atoms with E-state index in [1.54, 1.807) is 0 Å². The van der Waals surface area contributed by atoms with Gasteiger partial charge in [-0.1, -0.05) is 12.8 Å². The van der Waals surface area contributed by atoms with Crippen LogP contribution in [0.5, 0.6) is 0 Å². The molecule has 0 spiro atoms. The van der Waals surface area contributed by atoms with E-state index in [-0.39, 0.29) is 18.4 Å². The zero-order chi connectivity index (χ0) is 15.4. The molecule has 21 heavy (non-hydrogen) atoms. The van der Waals surface area contributed by atoms with E-state index >= 15 is 0 Å². The third kappa shape index (κ3) is 4.27. The molecular weight excluding hydrogens is 288 g/mol. The molecule has 0 aromatic carbocycles. The van der Waals surface area contributed by atoms with Gasteiger partial charge >= 0.3 is 5.97 Å². The molecule has 1 aromatic heterocycles. The first-order valence-corrected chi connectivity index (χ1v) is 8.29. The van der Waals surface area contributed by atoms with Crippen molar-refractivity contribution >= 4 is 23.2 Å². The average molecular weight is 310 g/mol. The quantitative estimate of drug-likeness (QED) is 0.846. The summed E-state index contributed by atoms with van der Waals surface area (Å²) < 4.78 is 0. The lowest BCUT2D eigenvalue weighted by molar-refractivity contribution is -0.137. The third-order valence-electron chi connectivity index (χ3n) is 3.89. The van der Waals surface area contributed by atoms with Gasteiger partial charge in [0.15, 0.2) is 0 Å². The Morgan fingerprint density at radius 3 is 2.71 bits per heavy atom. The maximum Gasteiger partial charge on any atom is 0.303 e. The number of carboxylic acids is 1. The standard InChI is InChI=1S/C15H22N2O3S/c1-9(7-8-12(18)19)16-14(20)13-10(2)17-15(21-13)11-5-3-4-6-11/h9,11H,3-8H2,1-2H3,(H,16,20)(H,18,19). The van der Waals surface area contributed by atoms with Gasteiger partial charge in [-0.3, -0.25) is 9.59 Å². The van der Waals surface area contributed by atoms with Crippen LogP contribution in [0.3, 0.4) is 0 Å². The van der Waals surface area contributed by atoms with E-state index in [0.29, 0.717) is 17.2 Å². The largest absolute Gasteiger partial charge is 0.481 e. The Morgan fingerprint density at radius 1 is 1.43 bits per heavy atom. The van der Waals surface area contributed by atoms with Crippen LogP contribution in [0, 0.1) is 6.92 Å². The highest BCUT2D eigenvalue weighted by atomic mass is 32.1. The number of thiazole rings is 1. The summed E-state index contributed by atoms with van der Waals surface area (Å²) in [6.45, 7) is 3.70. The highest BCUT2D eigenvalue weighted by Gasteiger charge is 2.24. The minimum absolute atomic E-state index is 0.0659. The minimum Gasteiger partial charge on any atom is -0.481 e. The number of nitrogens with one attached hydrogen (secondary N) is 1. The van der Waals surface area contributed by atoms with E-state index in [2.05, 4.69) is 10.3 Å². The minimum atomic E-state index is -0.839. The SMILES string of the molecule is Cc1nc(C2CCCC2)sc1C(=O)NC(C)CCC(=O)O. The van der Waals surface area contributed by atoms with E-state index in [0.717, 1.165) is 10.7 Å². The second-order valence-electron chi connectivity index (χ2n) is 5.75. The highest BCUT2D eigenvalue weighted by molar-refractivity contribution is 7.13. The van der Waals surface area contributed by atoms with Gasteiger partial charge in [0.05, 0.1) is 10.7 Å². The van der Waals surface area contributed by atoms with Crippen LogP contribution in [0.2, 0.25) is 0 Å². The Kier molecular flexibility index (Phi) is 5.33. The summed E-state index contributed by atoms with van der Waals surface area (Å²) in [5.41, 5.74) is 0.782. The fourth-order valence-corrected chi connectivity index (χ4v) is 3.82. The fraction of sp³-hybridized carbons (Fsp3) is 0.667. The number of carbonyl (C=O) groups excluding carboxylic acids is 1. The molecule has 1 heterocycles. The van der Waals surface area contributed by atoms with E-state index < -0.39 is 5.97 Å². The van der Waals surface area contributed by atoms with Crippen LogP contribution in [0.4, 0.5) is 0 Å². The molecule has 1 aliphatic rings. The number of aromatic nitrogens is 1. The number of rotatable bonds is 6. The molecule has 1 amide bonds. The summed E-state index contributed by atoms with van der Waals surface area (Å²) >= 11 is 1.49. The van der Waals surface area contributed by atoms with Crippen molar-refractivity contribution in [2.75, 3.05) is 0 Å². The lowest BCUT2D eigenvalue weighted by atomic mass is 10.1. The van der Waals surface area contributed by atoms with Crippen LogP contribution < -0.4 is 5.32 Å². The molecular formula is C15H22N2O3S. The Balaban J connectivity index is 1.97. The zero-order valence-corrected chi connectivity index (χ0v) is 13.3. The van der Waals surface area contributed by atoms with Gasteiger partial charge < -0.3 is 10.4 Å². The first kappa shape index (κ1) is 15.9. The van der Waals surface area contributed by atoms with Gasteiger partial charge in [-0.05, 0) is 33.1 Å². The predicted molar refractivity (Wildman–Crippen MR) is 81.9 cm³/mol. The molecule has 0 aliphatic heterocycles. The maximum absolute atomic E-state index is 12.3. The third-order valence-corrected chi connectivity index (χ3v) is 5.21. The summed E-state index contributed by atoms with van der Waals surface area (Å²) in [5, 5.41) is 12.6. The van der Waals surface area contributed by atoms with Gasteiger partial charge in [0.1, 0.15) is 4.88 Å². The second kappa shape index (κ2) is 7.02. The molecule has 0 radical (unpaired) electrons. The number of aliphatic carboxylic acids is 1. The molecule has 1 atom stereocenters. The number of aryl methyl sites for hydroxylation is 1. The smallest absolute Gasteiger partial charge is 0.303 e. The molecule has 1 aromatic rings. The molecule has 0 saturated heterocycles. The van der Waals surface area contributed by atoms with E-state index in [4.69, 9.17) is 5.11 Å². The molecule has 2 N–H and O–H groups in total. The van der Waals surface area contributed by atoms with Gasteiger partial charge in [0, 0.05) is 18.4 Å². The van der Waals surface area contributed by atoms with Crippen molar-refractivity contribution in [1.82, 2.24) is 10.3 Å².